The smallest absolute Gasteiger partial charge is 0.310 e. The Labute approximate surface area is 185 Å². The van der Waals surface area contributed by atoms with E-state index in [0.29, 0.717) is 25.4 Å². The molecule has 172 valence electrons. The Morgan fingerprint density at radius 1 is 1.23 bits per heavy atom. The molecule has 7 nitrogen and oxygen atoms in total. The van der Waals surface area contributed by atoms with Crippen LogP contribution in [0.15, 0.2) is 23.2 Å². The number of hydrogen-bond acceptors (Lipinski definition) is 5. The van der Waals surface area contributed by atoms with Gasteiger partial charge in [-0.15, -0.1) is 0 Å². The molecule has 2 fully saturated rings. The molecular formula is C23H36FN5O2. The molecule has 0 saturated carbocycles. The molecule has 1 aromatic carbocycles. The number of aliphatic imine (C=N–C) groups is 1. The number of guanidine groups is 1. The van der Waals surface area contributed by atoms with E-state index >= 15 is 0 Å². The Morgan fingerprint density at radius 3 is 2.65 bits per heavy atom. The maximum atomic E-state index is 14.8. The van der Waals surface area contributed by atoms with Crippen LogP contribution in [0.3, 0.4) is 0 Å². The van der Waals surface area contributed by atoms with Gasteiger partial charge in [0.1, 0.15) is 5.82 Å². The van der Waals surface area contributed by atoms with Crippen molar-refractivity contribution < 1.29 is 13.9 Å². The number of anilines is 1. The molecule has 0 aromatic heterocycles. The third-order valence-electron chi connectivity index (χ3n) is 6.18. The highest BCUT2D eigenvalue weighted by Gasteiger charge is 2.28. The van der Waals surface area contributed by atoms with Gasteiger partial charge >= 0.3 is 5.97 Å². The molecule has 2 aliphatic heterocycles. The van der Waals surface area contributed by atoms with E-state index in [9.17, 15) is 9.18 Å². The number of piperidine rings is 1. The predicted octanol–water partition coefficient (Wildman–Crippen LogP) is 2.32. The van der Waals surface area contributed by atoms with Crippen LogP contribution in [-0.2, 0) is 16.1 Å². The first-order valence-electron chi connectivity index (χ1n) is 11.4. The molecule has 2 heterocycles. The summed E-state index contributed by atoms with van der Waals surface area (Å²) in [6.07, 6.45) is 1.75. The highest BCUT2D eigenvalue weighted by atomic mass is 19.1. The van der Waals surface area contributed by atoms with E-state index in [2.05, 4.69) is 31.9 Å². The molecule has 0 aliphatic carbocycles. The van der Waals surface area contributed by atoms with Crippen molar-refractivity contribution in [1.82, 2.24) is 15.1 Å². The van der Waals surface area contributed by atoms with Crippen molar-refractivity contribution >= 4 is 17.6 Å². The number of nitrogens with one attached hydrogen (secondary N) is 1. The van der Waals surface area contributed by atoms with Crippen LogP contribution < -0.4 is 10.2 Å². The normalized spacial score (nSPS) is 20.6. The summed E-state index contributed by atoms with van der Waals surface area (Å²) in [6.45, 7) is 11.0. The van der Waals surface area contributed by atoms with E-state index in [1.54, 1.807) is 13.1 Å². The Kier molecular flexibility index (Phi) is 8.51. The maximum absolute atomic E-state index is 14.8. The van der Waals surface area contributed by atoms with Crippen LogP contribution in [0.25, 0.3) is 0 Å². The van der Waals surface area contributed by atoms with Gasteiger partial charge in [0, 0.05) is 52.9 Å². The lowest BCUT2D eigenvalue weighted by atomic mass is 9.98. The minimum atomic E-state index is -0.181. The molecule has 0 spiro atoms. The molecule has 1 atom stereocenters. The van der Waals surface area contributed by atoms with Crippen LogP contribution in [0.2, 0.25) is 0 Å². The number of hydrogen-bond donors (Lipinski definition) is 1. The number of likely N-dealkylation sites (N-methyl/N-ethyl adjacent to an activating group) is 1. The van der Waals surface area contributed by atoms with Crippen molar-refractivity contribution in [1.29, 1.82) is 0 Å². The van der Waals surface area contributed by atoms with Crippen LogP contribution in [0.1, 0.15) is 32.3 Å². The number of nitrogens with zero attached hydrogens (tertiary/aromatic N) is 4. The predicted molar refractivity (Wildman–Crippen MR) is 122 cm³/mol. The Morgan fingerprint density at radius 2 is 2.00 bits per heavy atom. The highest BCUT2D eigenvalue weighted by molar-refractivity contribution is 5.81. The summed E-state index contributed by atoms with van der Waals surface area (Å²) in [4.78, 5) is 23.1. The number of ether oxygens (including phenoxy) is 1. The lowest BCUT2D eigenvalue weighted by molar-refractivity contribution is -0.149. The Hall–Kier alpha value is -2.35. The van der Waals surface area contributed by atoms with E-state index in [0.717, 1.165) is 63.6 Å². The van der Waals surface area contributed by atoms with Crippen LogP contribution in [0, 0.1) is 11.7 Å². The first-order chi connectivity index (χ1) is 15.0. The highest BCUT2D eigenvalue weighted by Crippen LogP contribution is 2.22. The van der Waals surface area contributed by atoms with Gasteiger partial charge in [-0.3, -0.25) is 9.79 Å². The van der Waals surface area contributed by atoms with E-state index in [-0.39, 0.29) is 17.7 Å². The van der Waals surface area contributed by atoms with Crippen molar-refractivity contribution in [3.05, 3.63) is 29.6 Å². The molecule has 8 heteroatoms. The average Bonchev–Trinajstić information content (AvgIpc) is 2.80. The van der Waals surface area contributed by atoms with Crippen molar-refractivity contribution in [2.45, 2.75) is 33.2 Å². The molecular weight excluding hydrogens is 397 g/mol. The molecule has 31 heavy (non-hydrogen) atoms. The molecule has 3 rings (SSSR count). The Balaban J connectivity index is 1.56. The van der Waals surface area contributed by atoms with Crippen molar-refractivity contribution in [3.8, 4) is 0 Å². The standard InChI is InChI=1S/C23H36FN5O2/c1-4-27-11-13-28(14-12-27)21-9-8-18(15-20(21)24)16-26-23(25-3)29-10-6-7-19(17-29)22(30)31-5-2/h8-9,15,19H,4-7,10-14,16-17H2,1-3H3,(H,25,26). The third-order valence-corrected chi connectivity index (χ3v) is 6.18. The maximum Gasteiger partial charge on any atom is 0.310 e. The lowest BCUT2D eigenvalue weighted by Crippen LogP contribution is -2.48. The molecule has 1 N–H and O–H groups in total. The zero-order chi connectivity index (χ0) is 22.2. The number of piperazine rings is 1. The molecule has 1 unspecified atom stereocenters. The number of halogens is 1. The van der Waals surface area contributed by atoms with Gasteiger partial charge in [0.15, 0.2) is 5.96 Å². The summed E-state index contributed by atoms with van der Waals surface area (Å²) in [5.41, 5.74) is 1.55. The summed E-state index contributed by atoms with van der Waals surface area (Å²) in [5, 5.41) is 3.32. The third kappa shape index (κ3) is 6.09. The first-order valence-corrected chi connectivity index (χ1v) is 11.4. The average molecular weight is 434 g/mol. The zero-order valence-electron chi connectivity index (χ0n) is 19.1. The quantitative estimate of drug-likeness (QED) is 0.422. The lowest BCUT2D eigenvalue weighted by Gasteiger charge is -2.35. The summed E-state index contributed by atoms with van der Waals surface area (Å²) < 4.78 is 20.0. The molecule has 0 radical (unpaired) electrons. The summed E-state index contributed by atoms with van der Waals surface area (Å²) >= 11 is 0. The topological polar surface area (TPSA) is 60.4 Å². The number of benzene rings is 1. The number of esters is 1. The second-order valence-corrected chi connectivity index (χ2v) is 8.15. The second-order valence-electron chi connectivity index (χ2n) is 8.15. The molecule has 0 amide bonds. The van der Waals surface area contributed by atoms with Gasteiger partial charge in [-0.2, -0.15) is 0 Å². The van der Waals surface area contributed by atoms with Gasteiger partial charge in [-0.1, -0.05) is 13.0 Å². The minimum absolute atomic E-state index is 0.128. The van der Waals surface area contributed by atoms with E-state index in [1.807, 2.05) is 19.1 Å². The fraction of sp³-hybridized carbons (Fsp3) is 0.652. The summed E-state index contributed by atoms with van der Waals surface area (Å²) in [7, 11) is 1.73. The van der Waals surface area contributed by atoms with Gasteiger partial charge in [-0.25, -0.2) is 4.39 Å². The monoisotopic (exact) mass is 433 g/mol. The van der Waals surface area contributed by atoms with Crippen molar-refractivity contribution in [2.75, 3.05) is 64.4 Å². The second kappa shape index (κ2) is 11.3. The van der Waals surface area contributed by atoms with E-state index in [4.69, 9.17) is 4.74 Å². The van der Waals surface area contributed by atoms with Crippen LogP contribution in [0.4, 0.5) is 10.1 Å². The number of carbonyl (C=O) groups is 1. The summed E-state index contributed by atoms with van der Waals surface area (Å²) in [5.74, 6) is 0.283. The van der Waals surface area contributed by atoms with Gasteiger partial charge < -0.3 is 24.8 Å². The van der Waals surface area contributed by atoms with Crippen LogP contribution in [-0.4, -0.2) is 81.2 Å². The molecule has 2 aliphatic rings. The molecule has 2 saturated heterocycles. The zero-order valence-corrected chi connectivity index (χ0v) is 19.1. The van der Waals surface area contributed by atoms with E-state index in [1.165, 1.54) is 0 Å². The summed E-state index contributed by atoms with van der Waals surface area (Å²) in [6, 6.07) is 5.47. The van der Waals surface area contributed by atoms with Crippen LogP contribution in [0.5, 0.6) is 0 Å². The molecule has 0 bridgehead atoms. The first kappa shape index (κ1) is 23.3. The largest absolute Gasteiger partial charge is 0.466 e. The van der Waals surface area contributed by atoms with Gasteiger partial charge in [-0.05, 0) is 44.0 Å². The minimum Gasteiger partial charge on any atom is -0.466 e. The number of rotatable bonds is 6. The molecule has 1 aromatic rings. The number of carbonyl (C=O) groups excluding carboxylic acids is 1. The fourth-order valence-electron chi connectivity index (χ4n) is 4.36. The Bertz CT molecular complexity index is 764. The number of likely N-dealkylation sites (tertiary alicyclic amines) is 1. The van der Waals surface area contributed by atoms with Gasteiger partial charge in [0.05, 0.1) is 18.2 Å². The van der Waals surface area contributed by atoms with Crippen molar-refractivity contribution in [3.63, 3.8) is 0 Å². The van der Waals surface area contributed by atoms with Crippen LogP contribution >= 0.6 is 0 Å². The van der Waals surface area contributed by atoms with Gasteiger partial charge in [0.25, 0.3) is 0 Å². The fourth-order valence-corrected chi connectivity index (χ4v) is 4.36. The van der Waals surface area contributed by atoms with Crippen molar-refractivity contribution in [2.24, 2.45) is 10.9 Å². The van der Waals surface area contributed by atoms with Gasteiger partial charge in [0.2, 0.25) is 0 Å². The SMILES string of the molecule is CCOC(=O)C1CCCN(C(=NC)NCc2ccc(N3CCN(CC)CC3)c(F)c2)C1. The van der Waals surface area contributed by atoms with E-state index < -0.39 is 0 Å².